The maximum atomic E-state index is 11.9. The number of para-hydroxylation sites is 2. The molecule has 0 fully saturated rings. The summed E-state index contributed by atoms with van der Waals surface area (Å²) in [7, 11) is 1.53. The number of carbonyl (C=O) groups excluding carboxylic acids is 1. The number of ether oxygens (including phenoxy) is 3. The standard InChI is InChI=1S/C16H14N4O4/c1-22-14-4-2-3-5-15(14)23-10-16(21)24-13-8-6-12(7-9-13)20-11-17-18-19-20/h2-9,11H,10H2,1H3. The Labute approximate surface area is 137 Å². The second kappa shape index (κ2) is 7.23. The van der Waals surface area contributed by atoms with Crippen LogP contribution >= 0.6 is 0 Å². The van der Waals surface area contributed by atoms with Crippen molar-refractivity contribution in [1.82, 2.24) is 20.2 Å². The van der Waals surface area contributed by atoms with E-state index in [2.05, 4.69) is 15.5 Å². The number of esters is 1. The first-order chi connectivity index (χ1) is 11.8. The second-order valence-corrected chi connectivity index (χ2v) is 4.66. The van der Waals surface area contributed by atoms with Gasteiger partial charge in [-0.1, -0.05) is 12.1 Å². The van der Waals surface area contributed by atoms with E-state index in [9.17, 15) is 4.79 Å². The third kappa shape index (κ3) is 3.67. The molecule has 0 atom stereocenters. The third-order valence-corrected chi connectivity index (χ3v) is 3.10. The van der Waals surface area contributed by atoms with E-state index >= 15 is 0 Å². The maximum Gasteiger partial charge on any atom is 0.349 e. The smallest absolute Gasteiger partial charge is 0.349 e. The fourth-order valence-electron chi connectivity index (χ4n) is 1.98. The van der Waals surface area contributed by atoms with Crippen molar-refractivity contribution in [3.63, 3.8) is 0 Å². The van der Waals surface area contributed by atoms with E-state index < -0.39 is 5.97 Å². The molecule has 0 aliphatic rings. The lowest BCUT2D eigenvalue weighted by Gasteiger charge is -2.10. The van der Waals surface area contributed by atoms with Gasteiger partial charge < -0.3 is 14.2 Å². The van der Waals surface area contributed by atoms with Crippen LogP contribution in [0.2, 0.25) is 0 Å². The van der Waals surface area contributed by atoms with Crippen molar-refractivity contribution in [3.05, 3.63) is 54.9 Å². The number of carbonyl (C=O) groups is 1. The third-order valence-electron chi connectivity index (χ3n) is 3.10. The van der Waals surface area contributed by atoms with E-state index in [-0.39, 0.29) is 6.61 Å². The Morgan fingerprint density at radius 1 is 1.08 bits per heavy atom. The molecule has 0 aliphatic heterocycles. The molecule has 3 rings (SSSR count). The number of hydrogen-bond donors (Lipinski definition) is 0. The molecule has 0 spiro atoms. The molecule has 0 unspecified atom stereocenters. The Bertz CT molecular complexity index is 803. The predicted molar refractivity (Wildman–Crippen MR) is 83.3 cm³/mol. The van der Waals surface area contributed by atoms with E-state index in [0.717, 1.165) is 5.69 Å². The molecule has 8 nitrogen and oxygen atoms in total. The summed E-state index contributed by atoms with van der Waals surface area (Å²) in [6.45, 7) is -0.227. The molecule has 0 saturated carbocycles. The molecule has 0 saturated heterocycles. The van der Waals surface area contributed by atoms with Gasteiger partial charge in [-0.05, 0) is 46.8 Å². The average Bonchev–Trinajstić information content (AvgIpc) is 3.15. The topological polar surface area (TPSA) is 88.4 Å². The minimum Gasteiger partial charge on any atom is -0.493 e. The van der Waals surface area contributed by atoms with Crippen molar-refractivity contribution >= 4 is 5.97 Å². The number of hydrogen-bond acceptors (Lipinski definition) is 7. The molecule has 1 aromatic heterocycles. The summed E-state index contributed by atoms with van der Waals surface area (Å²) in [5, 5.41) is 10.9. The van der Waals surface area contributed by atoms with E-state index in [1.54, 1.807) is 42.5 Å². The molecule has 122 valence electrons. The van der Waals surface area contributed by atoms with Crippen LogP contribution in [0.4, 0.5) is 0 Å². The van der Waals surface area contributed by atoms with Gasteiger partial charge in [0.2, 0.25) is 0 Å². The Kier molecular flexibility index (Phi) is 4.66. The summed E-state index contributed by atoms with van der Waals surface area (Å²) >= 11 is 0. The zero-order valence-corrected chi connectivity index (χ0v) is 12.8. The van der Waals surface area contributed by atoms with Crippen molar-refractivity contribution in [1.29, 1.82) is 0 Å². The van der Waals surface area contributed by atoms with Crippen LogP contribution in [0.15, 0.2) is 54.9 Å². The number of methoxy groups -OCH3 is 1. The van der Waals surface area contributed by atoms with E-state index in [0.29, 0.717) is 17.2 Å². The highest BCUT2D eigenvalue weighted by Crippen LogP contribution is 2.25. The molecule has 2 aromatic carbocycles. The Balaban J connectivity index is 1.57. The predicted octanol–water partition coefficient (Wildman–Crippen LogP) is 1.66. The fraction of sp³-hybridized carbons (Fsp3) is 0.125. The number of aromatic nitrogens is 4. The summed E-state index contributed by atoms with van der Waals surface area (Å²) in [6.07, 6.45) is 1.47. The summed E-state index contributed by atoms with van der Waals surface area (Å²) in [4.78, 5) is 11.9. The first-order valence-corrected chi connectivity index (χ1v) is 7.06. The molecule has 24 heavy (non-hydrogen) atoms. The van der Waals surface area contributed by atoms with Crippen molar-refractivity contribution in [3.8, 4) is 22.9 Å². The highest BCUT2D eigenvalue weighted by atomic mass is 16.6. The van der Waals surface area contributed by atoms with Crippen molar-refractivity contribution in [2.75, 3.05) is 13.7 Å². The fourth-order valence-corrected chi connectivity index (χ4v) is 1.98. The van der Waals surface area contributed by atoms with Gasteiger partial charge in [0.15, 0.2) is 18.1 Å². The van der Waals surface area contributed by atoms with Crippen LogP contribution in [-0.2, 0) is 4.79 Å². The van der Waals surface area contributed by atoms with Crippen LogP contribution in [0.3, 0.4) is 0 Å². The molecule has 0 bridgehead atoms. The zero-order chi connectivity index (χ0) is 16.8. The SMILES string of the molecule is COc1ccccc1OCC(=O)Oc1ccc(-n2cnnn2)cc1. The zero-order valence-electron chi connectivity index (χ0n) is 12.8. The van der Waals surface area contributed by atoms with E-state index in [1.807, 2.05) is 6.07 Å². The Morgan fingerprint density at radius 3 is 2.50 bits per heavy atom. The largest absolute Gasteiger partial charge is 0.493 e. The average molecular weight is 326 g/mol. The minimum absolute atomic E-state index is 0.227. The number of nitrogens with zero attached hydrogens (tertiary/aromatic N) is 4. The summed E-state index contributed by atoms with van der Waals surface area (Å²) in [5.41, 5.74) is 0.755. The van der Waals surface area contributed by atoms with Gasteiger partial charge in [0.1, 0.15) is 12.1 Å². The van der Waals surface area contributed by atoms with Gasteiger partial charge in [0.25, 0.3) is 0 Å². The maximum absolute atomic E-state index is 11.9. The second-order valence-electron chi connectivity index (χ2n) is 4.66. The molecule has 1 heterocycles. The van der Waals surface area contributed by atoms with Crippen LogP contribution in [0.1, 0.15) is 0 Å². The Morgan fingerprint density at radius 2 is 1.83 bits per heavy atom. The van der Waals surface area contributed by atoms with Gasteiger partial charge in [-0.25, -0.2) is 9.48 Å². The first kappa shape index (κ1) is 15.5. The van der Waals surface area contributed by atoms with Crippen LogP contribution < -0.4 is 14.2 Å². The normalized spacial score (nSPS) is 10.2. The van der Waals surface area contributed by atoms with Gasteiger partial charge in [-0.3, -0.25) is 0 Å². The molecule has 0 N–H and O–H groups in total. The van der Waals surface area contributed by atoms with Crippen LogP contribution in [0.25, 0.3) is 5.69 Å². The van der Waals surface area contributed by atoms with E-state index in [1.165, 1.54) is 18.1 Å². The van der Waals surface area contributed by atoms with E-state index in [4.69, 9.17) is 14.2 Å². The molecule has 0 amide bonds. The van der Waals surface area contributed by atoms with Gasteiger partial charge in [0, 0.05) is 0 Å². The van der Waals surface area contributed by atoms with Crippen molar-refractivity contribution in [2.24, 2.45) is 0 Å². The summed E-state index contributed by atoms with van der Waals surface area (Å²) in [5.74, 6) is 0.915. The Hall–Kier alpha value is -3.42. The van der Waals surface area contributed by atoms with Gasteiger partial charge in [-0.2, -0.15) is 0 Å². The minimum atomic E-state index is -0.518. The first-order valence-electron chi connectivity index (χ1n) is 7.06. The van der Waals surface area contributed by atoms with Crippen LogP contribution in [-0.4, -0.2) is 39.9 Å². The number of benzene rings is 2. The lowest BCUT2D eigenvalue weighted by molar-refractivity contribution is -0.136. The highest BCUT2D eigenvalue weighted by molar-refractivity contribution is 5.74. The van der Waals surface area contributed by atoms with Crippen molar-refractivity contribution in [2.45, 2.75) is 0 Å². The van der Waals surface area contributed by atoms with Gasteiger partial charge in [0.05, 0.1) is 12.8 Å². The summed E-state index contributed by atoms with van der Waals surface area (Å²) in [6, 6.07) is 13.8. The molecular formula is C16H14N4O4. The molecule has 0 radical (unpaired) electrons. The number of tetrazole rings is 1. The lowest BCUT2D eigenvalue weighted by atomic mass is 10.3. The monoisotopic (exact) mass is 326 g/mol. The highest BCUT2D eigenvalue weighted by Gasteiger charge is 2.09. The van der Waals surface area contributed by atoms with Gasteiger partial charge >= 0.3 is 5.97 Å². The van der Waals surface area contributed by atoms with Gasteiger partial charge in [-0.15, -0.1) is 5.10 Å². The van der Waals surface area contributed by atoms with Crippen LogP contribution in [0, 0.1) is 0 Å². The molecule has 8 heteroatoms. The summed E-state index contributed by atoms with van der Waals surface area (Å²) < 4.78 is 17.3. The molecule has 0 aliphatic carbocycles. The molecule has 3 aromatic rings. The quantitative estimate of drug-likeness (QED) is 0.503. The molecular weight excluding hydrogens is 312 g/mol. The lowest BCUT2D eigenvalue weighted by Crippen LogP contribution is -2.17. The number of rotatable bonds is 6. The van der Waals surface area contributed by atoms with Crippen molar-refractivity contribution < 1.29 is 19.0 Å². The van der Waals surface area contributed by atoms with Crippen LogP contribution in [0.5, 0.6) is 17.2 Å².